The van der Waals surface area contributed by atoms with E-state index in [4.69, 9.17) is 0 Å². The van der Waals surface area contributed by atoms with E-state index < -0.39 is 6.36 Å². The van der Waals surface area contributed by atoms with Crippen LogP contribution in [0, 0.1) is 0 Å². The molecule has 0 saturated heterocycles. The van der Waals surface area contributed by atoms with Gasteiger partial charge in [0.2, 0.25) is 0 Å². The molecule has 0 fully saturated rings. The van der Waals surface area contributed by atoms with Gasteiger partial charge >= 0.3 is 6.36 Å². The molecule has 2 rings (SSSR count). The van der Waals surface area contributed by atoms with Crippen LogP contribution in [-0.4, -0.2) is 11.3 Å². The Labute approximate surface area is 121 Å². The van der Waals surface area contributed by atoms with Crippen molar-refractivity contribution in [1.82, 2.24) is 4.98 Å². The molecule has 0 N–H and O–H groups in total. The van der Waals surface area contributed by atoms with E-state index in [9.17, 15) is 13.2 Å². The first-order chi connectivity index (χ1) is 8.98. The lowest BCUT2D eigenvalue weighted by Crippen LogP contribution is -2.16. The highest BCUT2D eigenvalue weighted by atomic mass is 127. The third kappa shape index (κ3) is 4.09. The molecule has 0 amide bonds. The standard InChI is InChI=1S/C13H9F3INO/c14-13(15,16)19-11-3-1-10(2-4-11)12-7-9(8-17)5-6-18-12/h1-7H,8H2. The summed E-state index contributed by atoms with van der Waals surface area (Å²) in [4.78, 5) is 4.20. The first-order valence-corrected chi connectivity index (χ1v) is 6.87. The van der Waals surface area contributed by atoms with Gasteiger partial charge in [-0.2, -0.15) is 0 Å². The van der Waals surface area contributed by atoms with Gasteiger partial charge < -0.3 is 4.74 Å². The van der Waals surface area contributed by atoms with Crippen molar-refractivity contribution in [2.75, 3.05) is 0 Å². The molecule has 0 aliphatic carbocycles. The number of pyridine rings is 1. The zero-order valence-electron chi connectivity index (χ0n) is 9.62. The van der Waals surface area contributed by atoms with E-state index in [1.165, 1.54) is 12.1 Å². The van der Waals surface area contributed by atoms with Crippen molar-refractivity contribution in [1.29, 1.82) is 0 Å². The summed E-state index contributed by atoms with van der Waals surface area (Å²) in [6, 6.07) is 9.48. The van der Waals surface area contributed by atoms with Crippen molar-refractivity contribution in [3.63, 3.8) is 0 Å². The summed E-state index contributed by atoms with van der Waals surface area (Å²) in [5.74, 6) is -0.235. The van der Waals surface area contributed by atoms with Gasteiger partial charge in [-0.05, 0) is 42.0 Å². The fraction of sp³-hybridized carbons (Fsp3) is 0.154. The van der Waals surface area contributed by atoms with Crippen LogP contribution in [-0.2, 0) is 4.43 Å². The Bertz CT molecular complexity index is 555. The molecule has 2 nitrogen and oxygen atoms in total. The fourth-order valence-corrected chi connectivity index (χ4v) is 2.02. The van der Waals surface area contributed by atoms with Crippen LogP contribution in [0.5, 0.6) is 5.75 Å². The zero-order chi connectivity index (χ0) is 13.9. The topological polar surface area (TPSA) is 22.1 Å². The number of hydrogen-bond donors (Lipinski definition) is 0. The van der Waals surface area contributed by atoms with Crippen molar-refractivity contribution in [2.24, 2.45) is 0 Å². The molecule has 0 bridgehead atoms. The quantitative estimate of drug-likeness (QED) is 0.575. The SMILES string of the molecule is FC(F)(F)Oc1ccc(-c2cc(CI)ccn2)cc1. The summed E-state index contributed by atoms with van der Waals surface area (Å²) in [6.45, 7) is 0. The normalized spacial score (nSPS) is 11.4. The number of benzene rings is 1. The summed E-state index contributed by atoms with van der Waals surface area (Å²) in [6.07, 6.45) is -2.98. The molecule has 0 aliphatic heterocycles. The monoisotopic (exact) mass is 379 g/mol. The summed E-state index contributed by atoms with van der Waals surface area (Å²) < 4.78 is 40.8. The molecule has 0 aliphatic rings. The van der Waals surface area contributed by atoms with E-state index in [2.05, 4.69) is 32.3 Å². The molecule has 0 spiro atoms. The van der Waals surface area contributed by atoms with Crippen LogP contribution < -0.4 is 4.74 Å². The Morgan fingerprint density at radius 1 is 1.11 bits per heavy atom. The maximum atomic E-state index is 12.0. The van der Waals surface area contributed by atoms with E-state index in [0.29, 0.717) is 0 Å². The van der Waals surface area contributed by atoms with Gasteiger partial charge in [0.25, 0.3) is 0 Å². The van der Waals surface area contributed by atoms with Gasteiger partial charge in [0, 0.05) is 16.2 Å². The minimum Gasteiger partial charge on any atom is -0.406 e. The number of alkyl halides is 4. The lowest BCUT2D eigenvalue weighted by molar-refractivity contribution is -0.274. The molecule has 0 radical (unpaired) electrons. The summed E-state index contributed by atoms with van der Waals surface area (Å²) >= 11 is 2.24. The second-order valence-electron chi connectivity index (χ2n) is 3.76. The maximum absolute atomic E-state index is 12.0. The highest BCUT2D eigenvalue weighted by Crippen LogP contribution is 2.26. The predicted molar refractivity (Wildman–Crippen MR) is 74.1 cm³/mol. The van der Waals surface area contributed by atoms with Crippen LogP contribution in [0.2, 0.25) is 0 Å². The molecule has 6 heteroatoms. The lowest BCUT2D eigenvalue weighted by Gasteiger charge is -2.09. The zero-order valence-corrected chi connectivity index (χ0v) is 11.8. The summed E-state index contributed by atoms with van der Waals surface area (Å²) in [7, 11) is 0. The minimum atomic E-state index is -4.67. The predicted octanol–water partition coefficient (Wildman–Crippen LogP) is 4.58. The molecule has 19 heavy (non-hydrogen) atoms. The molecule has 1 heterocycles. The Morgan fingerprint density at radius 2 is 1.79 bits per heavy atom. The van der Waals surface area contributed by atoms with E-state index in [-0.39, 0.29) is 5.75 Å². The summed E-state index contributed by atoms with van der Waals surface area (Å²) in [5.41, 5.74) is 2.59. The highest BCUT2D eigenvalue weighted by molar-refractivity contribution is 14.1. The number of aromatic nitrogens is 1. The first kappa shape index (κ1) is 14.1. The van der Waals surface area contributed by atoms with Crippen LogP contribution in [0.1, 0.15) is 5.56 Å². The van der Waals surface area contributed by atoms with Crippen LogP contribution in [0.25, 0.3) is 11.3 Å². The van der Waals surface area contributed by atoms with Gasteiger partial charge in [-0.3, -0.25) is 4.98 Å². The van der Waals surface area contributed by atoms with Gasteiger partial charge in [0.15, 0.2) is 0 Å². The van der Waals surface area contributed by atoms with Crippen molar-refractivity contribution in [3.05, 3.63) is 48.2 Å². The molecular formula is C13H9F3INO. The number of nitrogens with zero attached hydrogens (tertiary/aromatic N) is 1. The van der Waals surface area contributed by atoms with Crippen LogP contribution >= 0.6 is 22.6 Å². The van der Waals surface area contributed by atoms with Gasteiger partial charge in [-0.25, -0.2) is 0 Å². The second kappa shape index (κ2) is 5.77. The minimum absolute atomic E-state index is 0.235. The molecule has 0 saturated carbocycles. The number of ether oxygens (including phenoxy) is 1. The van der Waals surface area contributed by atoms with Crippen LogP contribution in [0.4, 0.5) is 13.2 Å². The van der Waals surface area contributed by atoms with Crippen LogP contribution in [0.15, 0.2) is 42.6 Å². The number of hydrogen-bond acceptors (Lipinski definition) is 2. The smallest absolute Gasteiger partial charge is 0.406 e. The third-order valence-electron chi connectivity index (χ3n) is 2.36. The largest absolute Gasteiger partial charge is 0.573 e. The van der Waals surface area contributed by atoms with Crippen LogP contribution in [0.3, 0.4) is 0 Å². The van der Waals surface area contributed by atoms with E-state index in [0.717, 1.165) is 21.2 Å². The van der Waals surface area contributed by atoms with Crippen molar-refractivity contribution >= 4 is 22.6 Å². The molecule has 0 atom stereocenters. The number of halogens is 4. The average molecular weight is 379 g/mol. The maximum Gasteiger partial charge on any atom is 0.573 e. The molecular weight excluding hydrogens is 370 g/mol. The Hall–Kier alpha value is -1.31. The number of rotatable bonds is 3. The fourth-order valence-electron chi connectivity index (χ4n) is 1.54. The Kier molecular flexibility index (Phi) is 4.28. The van der Waals surface area contributed by atoms with E-state index >= 15 is 0 Å². The Morgan fingerprint density at radius 3 is 2.37 bits per heavy atom. The van der Waals surface area contributed by atoms with Gasteiger partial charge in [0.1, 0.15) is 5.75 Å². The van der Waals surface area contributed by atoms with Gasteiger partial charge in [-0.15, -0.1) is 13.2 Å². The molecule has 0 unspecified atom stereocenters. The Balaban J connectivity index is 2.22. The molecule has 2 aromatic rings. The molecule has 100 valence electrons. The van der Waals surface area contributed by atoms with Gasteiger partial charge in [-0.1, -0.05) is 22.6 Å². The van der Waals surface area contributed by atoms with Crippen molar-refractivity contribution in [2.45, 2.75) is 10.8 Å². The molecule has 1 aromatic carbocycles. The second-order valence-corrected chi connectivity index (χ2v) is 4.52. The first-order valence-electron chi connectivity index (χ1n) is 5.35. The van der Waals surface area contributed by atoms with E-state index in [1.807, 2.05) is 12.1 Å². The molecule has 1 aromatic heterocycles. The lowest BCUT2D eigenvalue weighted by atomic mass is 10.1. The van der Waals surface area contributed by atoms with Gasteiger partial charge in [0.05, 0.1) is 5.69 Å². The highest BCUT2D eigenvalue weighted by Gasteiger charge is 2.30. The van der Waals surface area contributed by atoms with Crippen molar-refractivity contribution in [3.8, 4) is 17.0 Å². The van der Waals surface area contributed by atoms with E-state index in [1.54, 1.807) is 18.3 Å². The van der Waals surface area contributed by atoms with Crippen molar-refractivity contribution < 1.29 is 17.9 Å². The third-order valence-corrected chi connectivity index (χ3v) is 3.24. The average Bonchev–Trinajstić information content (AvgIpc) is 2.38. The summed E-state index contributed by atoms with van der Waals surface area (Å²) in [5, 5.41) is 0.